The lowest BCUT2D eigenvalue weighted by Crippen LogP contribution is -3.14. The highest BCUT2D eigenvalue weighted by Crippen LogP contribution is 2.23. The number of carbonyl (C=O) groups is 1. The molecule has 0 saturated carbocycles. The number of amides is 1. The van der Waals surface area contributed by atoms with E-state index >= 15 is 0 Å². The Balaban J connectivity index is 1.58. The van der Waals surface area contributed by atoms with Gasteiger partial charge < -0.3 is 14.6 Å². The van der Waals surface area contributed by atoms with Crippen LogP contribution in [-0.4, -0.2) is 25.5 Å². The van der Waals surface area contributed by atoms with Crippen molar-refractivity contribution >= 4 is 16.9 Å². The van der Waals surface area contributed by atoms with Crippen molar-refractivity contribution < 1.29 is 14.1 Å². The summed E-state index contributed by atoms with van der Waals surface area (Å²) < 4.78 is 5.82. The van der Waals surface area contributed by atoms with Gasteiger partial charge in [-0.2, -0.15) is 0 Å². The van der Waals surface area contributed by atoms with Crippen LogP contribution in [0.4, 0.5) is 0 Å². The van der Waals surface area contributed by atoms with Crippen LogP contribution in [0, 0.1) is 5.92 Å². The highest BCUT2D eigenvalue weighted by Gasteiger charge is 2.23. The maximum Gasteiger partial charge on any atom is 0.275 e. The number of piperidine rings is 1. The second kappa shape index (κ2) is 6.53. The Kier molecular flexibility index (Phi) is 4.48. The number of likely N-dealkylation sites (tertiary alicyclic amines) is 1. The van der Waals surface area contributed by atoms with Gasteiger partial charge in [-0.1, -0.05) is 25.1 Å². The maximum atomic E-state index is 12.2. The molecule has 1 aromatic carbocycles. The van der Waals surface area contributed by atoms with Gasteiger partial charge in [-0.25, -0.2) is 0 Å². The quantitative estimate of drug-likeness (QED) is 0.906. The van der Waals surface area contributed by atoms with Crippen LogP contribution in [-0.2, 0) is 4.79 Å². The molecule has 3 atom stereocenters. The van der Waals surface area contributed by atoms with Crippen LogP contribution >= 0.6 is 0 Å². The van der Waals surface area contributed by atoms with Crippen molar-refractivity contribution in [1.29, 1.82) is 0 Å². The van der Waals surface area contributed by atoms with E-state index in [9.17, 15) is 4.79 Å². The molecule has 4 nitrogen and oxygen atoms in total. The topological polar surface area (TPSA) is 46.7 Å². The van der Waals surface area contributed by atoms with Crippen molar-refractivity contribution in [2.24, 2.45) is 5.92 Å². The van der Waals surface area contributed by atoms with Gasteiger partial charge in [-0.3, -0.25) is 4.79 Å². The normalized spacial score (nSPS) is 23.4. The van der Waals surface area contributed by atoms with E-state index < -0.39 is 0 Å². The van der Waals surface area contributed by atoms with Gasteiger partial charge in [0.15, 0.2) is 6.54 Å². The summed E-state index contributed by atoms with van der Waals surface area (Å²) in [6, 6.07) is 9.84. The Labute approximate surface area is 131 Å². The first-order valence-electron chi connectivity index (χ1n) is 8.23. The molecule has 0 bridgehead atoms. The van der Waals surface area contributed by atoms with Gasteiger partial charge in [0.2, 0.25) is 0 Å². The van der Waals surface area contributed by atoms with Crippen molar-refractivity contribution in [1.82, 2.24) is 5.32 Å². The van der Waals surface area contributed by atoms with E-state index in [1.807, 2.05) is 37.3 Å². The molecule has 1 unspecified atom stereocenters. The van der Waals surface area contributed by atoms with Crippen LogP contribution in [0.5, 0.6) is 0 Å². The number of hydrogen-bond donors (Lipinski definition) is 2. The van der Waals surface area contributed by atoms with Crippen LogP contribution in [0.2, 0.25) is 0 Å². The monoisotopic (exact) mass is 301 g/mol. The summed E-state index contributed by atoms with van der Waals surface area (Å²) >= 11 is 0. The summed E-state index contributed by atoms with van der Waals surface area (Å²) in [5.41, 5.74) is 0.870. The first-order chi connectivity index (χ1) is 10.6. The molecule has 0 radical (unpaired) electrons. The van der Waals surface area contributed by atoms with E-state index in [0.29, 0.717) is 6.54 Å². The third-order valence-corrected chi connectivity index (χ3v) is 4.52. The summed E-state index contributed by atoms with van der Waals surface area (Å²) in [6.45, 7) is 7.02. The van der Waals surface area contributed by atoms with E-state index in [1.54, 1.807) is 0 Å². The molecule has 4 heteroatoms. The van der Waals surface area contributed by atoms with Crippen molar-refractivity contribution in [3.8, 4) is 0 Å². The molecule has 2 N–H and O–H groups in total. The highest BCUT2D eigenvalue weighted by atomic mass is 16.3. The summed E-state index contributed by atoms with van der Waals surface area (Å²) in [7, 11) is 0. The molecule has 118 valence electrons. The van der Waals surface area contributed by atoms with Crippen molar-refractivity contribution in [2.75, 3.05) is 19.6 Å². The maximum absolute atomic E-state index is 12.2. The van der Waals surface area contributed by atoms with Gasteiger partial charge in [-0.05, 0) is 31.9 Å². The van der Waals surface area contributed by atoms with E-state index in [1.165, 1.54) is 17.7 Å². The number of furan rings is 1. The molecule has 0 spiro atoms. The lowest BCUT2D eigenvalue weighted by atomic mass is 10.0. The van der Waals surface area contributed by atoms with Gasteiger partial charge in [0.1, 0.15) is 11.3 Å². The summed E-state index contributed by atoms with van der Waals surface area (Å²) in [5, 5.41) is 4.14. The first kappa shape index (κ1) is 15.1. The Bertz CT molecular complexity index is 616. The molecule has 1 aliphatic heterocycles. The van der Waals surface area contributed by atoms with Crippen molar-refractivity contribution in [2.45, 2.75) is 32.7 Å². The molecule has 22 heavy (non-hydrogen) atoms. The fourth-order valence-corrected chi connectivity index (χ4v) is 3.36. The number of benzene rings is 1. The standard InChI is InChI=1S/C18H24N2O2/c1-13-6-5-9-20(11-13)12-18(21)19-14(2)17-10-15-7-3-4-8-16(15)22-17/h3-4,7-8,10,13-14H,5-6,9,11-12H2,1-2H3,(H,19,21)/p+1/t13-,14-/m0/s1. The van der Waals surface area contributed by atoms with Gasteiger partial charge in [0, 0.05) is 11.3 Å². The summed E-state index contributed by atoms with van der Waals surface area (Å²) in [5.74, 6) is 1.65. The minimum atomic E-state index is -0.0958. The lowest BCUT2D eigenvalue weighted by Gasteiger charge is -2.27. The molecule has 1 aliphatic rings. The minimum Gasteiger partial charge on any atom is -0.459 e. The molecule has 1 amide bonds. The molecule has 1 fully saturated rings. The third kappa shape index (κ3) is 3.50. The van der Waals surface area contributed by atoms with E-state index in [4.69, 9.17) is 4.42 Å². The van der Waals surface area contributed by atoms with E-state index in [-0.39, 0.29) is 11.9 Å². The number of hydrogen-bond acceptors (Lipinski definition) is 2. The SMILES string of the molecule is C[C@H]1CCC[NH+](CC(=O)N[C@@H](C)c2cc3ccccc3o2)C1. The van der Waals surface area contributed by atoms with Crippen LogP contribution in [0.25, 0.3) is 11.0 Å². The highest BCUT2D eigenvalue weighted by molar-refractivity contribution is 5.79. The largest absolute Gasteiger partial charge is 0.459 e. The average Bonchev–Trinajstić information content (AvgIpc) is 2.91. The Hall–Kier alpha value is -1.81. The predicted octanol–water partition coefficient (Wildman–Crippen LogP) is 1.92. The first-order valence-corrected chi connectivity index (χ1v) is 8.23. The molecule has 1 saturated heterocycles. The van der Waals surface area contributed by atoms with Gasteiger partial charge >= 0.3 is 0 Å². The zero-order valence-corrected chi connectivity index (χ0v) is 13.4. The van der Waals surface area contributed by atoms with Crippen molar-refractivity contribution in [3.05, 3.63) is 36.1 Å². The predicted molar refractivity (Wildman–Crippen MR) is 86.7 cm³/mol. The third-order valence-electron chi connectivity index (χ3n) is 4.52. The van der Waals surface area contributed by atoms with Crippen LogP contribution in [0.3, 0.4) is 0 Å². The van der Waals surface area contributed by atoms with Crippen molar-refractivity contribution in [3.63, 3.8) is 0 Å². The van der Waals surface area contributed by atoms with E-state index in [2.05, 4.69) is 12.2 Å². The van der Waals surface area contributed by atoms with Gasteiger partial charge in [0.25, 0.3) is 5.91 Å². The Morgan fingerprint density at radius 2 is 2.27 bits per heavy atom. The Morgan fingerprint density at radius 1 is 1.45 bits per heavy atom. The molecular formula is C18H25N2O2+. The van der Waals surface area contributed by atoms with Crippen LogP contribution < -0.4 is 10.2 Å². The molecule has 3 rings (SSSR count). The second-order valence-corrected chi connectivity index (χ2v) is 6.60. The fourth-order valence-electron chi connectivity index (χ4n) is 3.36. The molecule has 0 aliphatic carbocycles. The molecular weight excluding hydrogens is 276 g/mol. The zero-order chi connectivity index (χ0) is 15.5. The van der Waals surface area contributed by atoms with E-state index in [0.717, 1.165) is 35.7 Å². The molecule has 1 aromatic heterocycles. The summed E-state index contributed by atoms with van der Waals surface area (Å²) in [6.07, 6.45) is 2.52. The second-order valence-electron chi connectivity index (χ2n) is 6.60. The fraction of sp³-hybridized carbons (Fsp3) is 0.500. The molecule has 2 aromatic rings. The summed E-state index contributed by atoms with van der Waals surface area (Å²) in [4.78, 5) is 13.6. The number of nitrogens with one attached hydrogen (secondary N) is 2. The number of fused-ring (bicyclic) bond motifs is 1. The van der Waals surface area contributed by atoms with Crippen LogP contribution in [0.1, 0.15) is 38.5 Å². The van der Waals surface area contributed by atoms with Crippen LogP contribution in [0.15, 0.2) is 34.7 Å². The minimum absolute atomic E-state index is 0.0958. The number of para-hydroxylation sites is 1. The number of rotatable bonds is 4. The van der Waals surface area contributed by atoms with Gasteiger partial charge in [-0.15, -0.1) is 0 Å². The smallest absolute Gasteiger partial charge is 0.275 e. The lowest BCUT2D eigenvalue weighted by molar-refractivity contribution is -0.900. The zero-order valence-electron chi connectivity index (χ0n) is 13.4. The average molecular weight is 301 g/mol. The number of carbonyl (C=O) groups excluding carboxylic acids is 1. The van der Waals surface area contributed by atoms with Gasteiger partial charge in [0.05, 0.1) is 19.1 Å². The number of quaternary nitrogens is 1. The Morgan fingerprint density at radius 3 is 3.05 bits per heavy atom. The molecule has 2 heterocycles.